The molecule has 0 radical (unpaired) electrons. The van der Waals surface area contributed by atoms with E-state index in [4.69, 9.17) is 4.74 Å². The highest BCUT2D eigenvalue weighted by atomic mass is 32.2. The van der Waals surface area contributed by atoms with Crippen molar-refractivity contribution < 1.29 is 18.1 Å². The highest BCUT2D eigenvalue weighted by molar-refractivity contribution is 7.90. The number of sulfone groups is 1. The van der Waals surface area contributed by atoms with Gasteiger partial charge in [0.25, 0.3) is 5.69 Å². The summed E-state index contributed by atoms with van der Waals surface area (Å²) in [5.41, 5.74) is 0.334. The number of nitrogens with zero attached hydrogens (tertiary/aromatic N) is 1. The van der Waals surface area contributed by atoms with Crippen molar-refractivity contribution in [3.05, 3.63) is 28.3 Å². The van der Waals surface area contributed by atoms with E-state index < -0.39 is 14.8 Å². The first-order valence-corrected chi connectivity index (χ1v) is 7.13. The zero-order valence-corrected chi connectivity index (χ0v) is 10.9. The molecule has 0 spiro atoms. The van der Waals surface area contributed by atoms with Gasteiger partial charge >= 0.3 is 0 Å². The first kappa shape index (κ1) is 14.2. The Kier molecular flexibility index (Phi) is 4.49. The fourth-order valence-electron chi connectivity index (χ4n) is 1.29. The van der Waals surface area contributed by atoms with Gasteiger partial charge in [0.1, 0.15) is 15.6 Å². The fourth-order valence-corrected chi connectivity index (χ4v) is 1.76. The molecule has 0 amide bonds. The Morgan fingerprint density at radius 1 is 1.39 bits per heavy atom. The van der Waals surface area contributed by atoms with Crippen LogP contribution in [0.15, 0.2) is 18.2 Å². The molecule has 0 unspecified atom stereocenters. The fraction of sp³-hybridized carbons (Fsp3) is 0.400. The number of nitro benzene ring substituents is 1. The van der Waals surface area contributed by atoms with Gasteiger partial charge in [-0.1, -0.05) is 0 Å². The lowest BCUT2D eigenvalue weighted by Crippen LogP contribution is -2.14. The number of anilines is 1. The van der Waals surface area contributed by atoms with Crippen LogP contribution in [-0.2, 0) is 9.84 Å². The number of rotatable bonds is 6. The monoisotopic (exact) mass is 274 g/mol. The molecule has 0 aliphatic heterocycles. The van der Waals surface area contributed by atoms with Gasteiger partial charge in [0.05, 0.1) is 23.9 Å². The van der Waals surface area contributed by atoms with Crippen molar-refractivity contribution in [3.8, 4) is 5.75 Å². The summed E-state index contributed by atoms with van der Waals surface area (Å²) in [6, 6.07) is 4.18. The van der Waals surface area contributed by atoms with Gasteiger partial charge in [-0.15, -0.1) is 0 Å². The molecule has 7 nitrogen and oxygen atoms in total. The van der Waals surface area contributed by atoms with Crippen LogP contribution in [0.1, 0.15) is 0 Å². The van der Waals surface area contributed by atoms with Crippen LogP contribution in [0.3, 0.4) is 0 Å². The van der Waals surface area contributed by atoms with E-state index in [0.29, 0.717) is 11.4 Å². The molecule has 0 aliphatic carbocycles. The van der Waals surface area contributed by atoms with Gasteiger partial charge in [0.15, 0.2) is 0 Å². The maximum absolute atomic E-state index is 10.9. The largest absolute Gasteiger partial charge is 0.496 e. The van der Waals surface area contributed by atoms with Crippen LogP contribution in [0.25, 0.3) is 0 Å². The van der Waals surface area contributed by atoms with Crippen molar-refractivity contribution in [1.82, 2.24) is 0 Å². The average Bonchev–Trinajstić information content (AvgIpc) is 2.26. The summed E-state index contributed by atoms with van der Waals surface area (Å²) in [6.07, 6.45) is 1.13. The van der Waals surface area contributed by atoms with E-state index in [1.165, 1.54) is 19.2 Å². The second-order valence-corrected chi connectivity index (χ2v) is 5.99. The van der Waals surface area contributed by atoms with Crippen molar-refractivity contribution in [2.45, 2.75) is 0 Å². The van der Waals surface area contributed by atoms with Gasteiger partial charge in [-0.2, -0.15) is 0 Å². The quantitative estimate of drug-likeness (QED) is 0.615. The highest BCUT2D eigenvalue weighted by Crippen LogP contribution is 2.25. The Hall–Kier alpha value is -1.83. The van der Waals surface area contributed by atoms with Gasteiger partial charge < -0.3 is 10.1 Å². The molecule has 1 aromatic carbocycles. The standard InChI is InChI=1S/C10H14N2O5S/c1-17-10-6-8(5-9(7-10)12(13)14)11-3-4-18(2,15)16/h5-7,11H,3-4H2,1-2H3. The molecular formula is C10H14N2O5S. The first-order valence-electron chi connectivity index (χ1n) is 5.07. The van der Waals surface area contributed by atoms with Crippen LogP contribution in [0.2, 0.25) is 0 Å². The predicted molar refractivity (Wildman–Crippen MR) is 67.8 cm³/mol. The van der Waals surface area contributed by atoms with E-state index in [-0.39, 0.29) is 18.0 Å². The smallest absolute Gasteiger partial charge is 0.275 e. The zero-order chi connectivity index (χ0) is 13.8. The molecule has 0 bridgehead atoms. The minimum Gasteiger partial charge on any atom is -0.496 e. The van der Waals surface area contributed by atoms with Gasteiger partial charge in [-0.3, -0.25) is 10.1 Å². The Bertz CT molecular complexity index is 541. The highest BCUT2D eigenvalue weighted by Gasteiger charge is 2.10. The summed E-state index contributed by atoms with van der Waals surface area (Å²) in [6.45, 7) is 0.184. The topological polar surface area (TPSA) is 98.5 Å². The summed E-state index contributed by atoms with van der Waals surface area (Å²) in [4.78, 5) is 10.1. The Balaban J connectivity index is 2.82. The molecule has 1 N–H and O–H groups in total. The Labute approximate surface area is 105 Å². The van der Waals surface area contributed by atoms with Gasteiger partial charge in [0, 0.05) is 30.6 Å². The molecule has 100 valence electrons. The molecule has 1 rings (SSSR count). The number of hydrogen-bond acceptors (Lipinski definition) is 6. The number of ether oxygens (including phenoxy) is 1. The SMILES string of the molecule is COc1cc(NCCS(C)(=O)=O)cc([N+](=O)[O-])c1. The maximum atomic E-state index is 10.9. The number of non-ortho nitro benzene ring substituents is 1. The molecule has 8 heteroatoms. The van der Waals surface area contributed by atoms with E-state index in [0.717, 1.165) is 6.26 Å². The predicted octanol–water partition coefficient (Wildman–Crippen LogP) is 1.06. The second kappa shape index (κ2) is 5.67. The molecular weight excluding hydrogens is 260 g/mol. The molecule has 0 saturated carbocycles. The Morgan fingerprint density at radius 3 is 2.56 bits per heavy atom. The molecule has 0 heterocycles. The van der Waals surface area contributed by atoms with E-state index in [9.17, 15) is 18.5 Å². The van der Waals surface area contributed by atoms with Crippen LogP contribution < -0.4 is 10.1 Å². The minimum atomic E-state index is -3.06. The van der Waals surface area contributed by atoms with E-state index in [1.807, 2.05) is 0 Å². The summed E-state index contributed by atoms with van der Waals surface area (Å²) in [5, 5.41) is 13.5. The first-order chi connectivity index (χ1) is 8.31. The van der Waals surface area contributed by atoms with Crippen molar-refractivity contribution >= 4 is 21.2 Å². The van der Waals surface area contributed by atoms with Crippen LogP contribution in [0.5, 0.6) is 5.75 Å². The summed E-state index contributed by atoms with van der Waals surface area (Å²) in [5.74, 6) is 0.295. The van der Waals surface area contributed by atoms with Crippen LogP contribution in [-0.4, -0.2) is 39.0 Å². The summed E-state index contributed by atoms with van der Waals surface area (Å²) < 4.78 is 26.8. The number of benzene rings is 1. The van der Waals surface area contributed by atoms with Crippen molar-refractivity contribution in [2.24, 2.45) is 0 Å². The molecule has 0 atom stereocenters. The number of nitro groups is 1. The second-order valence-electron chi connectivity index (χ2n) is 3.73. The summed E-state index contributed by atoms with van der Waals surface area (Å²) in [7, 11) is -1.66. The zero-order valence-electron chi connectivity index (χ0n) is 10.0. The molecule has 0 aromatic heterocycles. The van der Waals surface area contributed by atoms with Gasteiger partial charge in [0.2, 0.25) is 0 Å². The minimum absolute atomic E-state index is 0.0436. The normalized spacial score (nSPS) is 11.0. The third-order valence-corrected chi connectivity index (χ3v) is 3.09. The lowest BCUT2D eigenvalue weighted by molar-refractivity contribution is -0.384. The maximum Gasteiger partial charge on any atom is 0.275 e. The van der Waals surface area contributed by atoms with E-state index in [1.54, 1.807) is 6.07 Å². The van der Waals surface area contributed by atoms with Crippen LogP contribution in [0.4, 0.5) is 11.4 Å². The Morgan fingerprint density at radius 2 is 2.06 bits per heavy atom. The third kappa shape index (κ3) is 4.58. The van der Waals surface area contributed by atoms with Crippen molar-refractivity contribution in [1.29, 1.82) is 0 Å². The van der Waals surface area contributed by atoms with Crippen LogP contribution in [0, 0.1) is 10.1 Å². The van der Waals surface area contributed by atoms with Crippen molar-refractivity contribution in [3.63, 3.8) is 0 Å². The molecule has 0 fully saturated rings. The number of methoxy groups -OCH3 is 1. The molecule has 1 aromatic rings. The third-order valence-electron chi connectivity index (χ3n) is 2.14. The lowest BCUT2D eigenvalue weighted by atomic mass is 10.2. The number of hydrogen-bond donors (Lipinski definition) is 1. The van der Waals surface area contributed by atoms with E-state index in [2.05, 4.69) is 5.32 Å². The molecule has 0 saturated heterocycles. The summed E-state index contributed by atoms with van der Waals surface area (Å²) >= 11 is 0. The lowest BCUT2D eigenvalue weighted by Gasteiger charge is -2.07. The molecule has 0 aliphatic rings. The molecule has 18 heavy (non-hydrogen) atoms. The average molecular weight is 274 g/mol. The van der Waals surface area contributed by atoms with Gasteiger partial charge in [-0.25, -0.2) is 8.42 Å². The number of nitrogens with one attached hydrogen (secondary N) is 1. The van der Waals surface area contributed by atoms with Crippen molar-refractivity contribution in [2.75, 3.05) is 31.0 Å². The van der Waals surface area contributed by atoms with Crippen LogP contribution >= 0.6 is 0 Å². The van der Waals surface area contributed by atoms with Gasteiger partial charge in [-0.05, 0) is 0 Å². The van der Waals surface area contributed by atoms with E-state index >= 15 is 0 Å².